The van der Waals surface area contributed by atoms with Gasteiger partial charge in [-0.1, -0.05) is 12.1 Å². The normalized spacial score (nSPS) is 10.9. The number of benzene rings is 2. The van der Waals surface area contributed by atoms with Crippen molar-refractivity contribution >= 4 is 34.5 Å². The zero-order valence-electron chi connectivity index (χ0n) is 17.8. The summed E-state index contributed by atoms with van der Waals surface area (Å²) in [6.45, 7) is -1.53. The second-order valence-electron chi connectivity index (χ2n) is 7.24. The highest BCUT2D eigenvalue weighted by molar-refractivity contribution is 7.09. The van der Waals surface area contributed by atoms with E-state index < -0.39 is 18.7 Å². The van der Waals surface area contributed by atoms with Gasteiger partial charge in [-0.2, -0.15) is 18.4 Å². The van der Waals surface area contributed by atoms with E-state index in [1.54, 1.807) is 35.6 Å². The molecule has 0 aliphatic carbocycles. The topological polar surface area (TPSA) is 91.2 Å². The van der Waals surface area contributed by atoms with Crippen molar-refractivity contribution in [2.24, 2.45) is 0 Å². The third kappa shape index (κ3) is 7.64. The number of carbonyl (C=O) groups is 2. The molecule has 2 amide bonds. The number of alkyl halides is 3. The summed E-state index contributed by atoms with van der Waals surface area (Å²) in [7, 11) is 0. The first kappa shape index (κ1) is 24.8. The summed E-state index contributed by atoms with van der Waals surface area (Å²) in [5, 5.41) is 16.5. The van der Waals surface area contributed by atoms with Gasteiger partial charge in [0.25, 0.3) is 5.91 Å². The monoisotopic (exact) mass is 487 g/mol. The molecule has 0 saturated heterocycles. The molecule has 3 rings (SSSR count). The summed E-state index contributed by atoms with van der Waals surface area (Å²) in [4.78, 5) is 26.0. The van der Waals surface area contributed by atoms with E-state index in [1.807, 2.05) is 17.5 Å². The SMILES string of the molecule is N#Cc1cc(NC(=O)c2cccc(NC(=O)CCCc3cccs3)c2)ccc1OCC(F)(F)F. The molecule has 34 heavy (non-hydrogen) atoms. The number of ether oxygens (including phenoxy) is 1. The van der Waals surface area contributed by atoms with Crippen molar-refractivity contribution in [1.82, 2.24) is 0 Å². The Morgan fingerprint density at radius 1 is 1.03 bits per heavy atom. The number of nitriles is 1. The number of amides is 2. The standard InChI is InChI=1S/C24H20F3N3O3S/c25-24(26,27)15-33-21-10-9-19(13-17(21)14-28)30-23(32)16-4-1-5-18(12-16)29-22(31)8-2-6-20-7-3-11-34-20/h1,3-5,7,9-13H,2,6,8,15H2,(H,29,31)(H,30,32). The van der Waals surface area contributed by atoms with E-state index in [-0.39, 0.29) is 28.5 Å². The van der Waals surface area contributed by atoms with Crippen molar-refractivity contribution in [3.05, 3.63) is 76.0 Å². The third-order valence-corrected chi connectivity index (χ3v) is 5.50. The van der Waals surface area contributed by atoms with Crippen molar-refractivity contribution in [3.63, 3.8) is 0 Å². The van der Waals surface area contributed by atoms with Crippen LogP contribution in [0.15, 0.2) is 60.0 Å². The maximum absolute atomic E-state index is 12.6. The Labute approximate surface area is 198 Å². The third-order valence-electron chi connectivity index (χ3n) is 4.56. The maximum Gasteiger partial charge on any atom is 0.422 e. The minimum absolute atomic E-state index is 0.148. The van der Waals surface area contributed by atoms with Crippen molar-refractivity contribution in [1.29, 1.82) is 5.26 Å². The molecule has 0 unspecified atom stereocenters. The number of aryl methyl sites for hydroxylation is 1. The van der Waals surface area contributed by atoms with Gasteiger partial charge < -0.3 is 15.4 Å². The van der Waals surface area contributed by atoms with Gasteiger partial charge in [0.2, 0.25) is 5.91 Å². The molecule has 1 heterocycles. The average molecular weight is 488 g/mol. The molecule has 2 N–H and O–H groups in total. The largest absolute Gasteiger partial charge is 0.483 e. The van der Waals surface area contributed by atoms with Gasteiger partial charge in [-0.25, -0.2) is 0 Å². The van der Waals surface area contributed by atoms with Crippen LogP contribution in [0.2, 0.25) is 0 Å². The lowest BCUT2D eigenvalue weighted by atomic mass is 10.1. The molecule has 6 nitrogen and oxygen atoms in total. The highest BCUT2D eigenvalue weighted by atomic mass is 32.1. The molecule has 0 atom stereocenters. The Morgan fingerprint density at radius 3 is 2.53 bits per heavy atom. The number of nitrogens with one attached hydrogen (secondary N) is 2. The van der Waals surface area contributed by atoms with Crippen molar-refractivity contribution < 1.29 is 27.5 Å². The molecule has 0 saturated carbocycles. The van der Waals surface area contributed by atoms with Gasteiger partial charge in [0, 0.05) is 28.2 Å². The van der Waals surface area contributed by atoms with Crippen molar-refractivity contribution in [2.75, 3.05) is 17.2 Å². The van der Waals surface area contributed by atoms with Crippen molar-refractivity contribution in [3.8, 4) is 11.8 Å². The Bertz CT molecular complexity index is 1190. The first-order valence-corrected chi connectivity index (χ1v) is 11.1. The highest BCUT2D eigenvalue weighted by Crippen LogP contribution is 2.25. The molecule has 1 aromatic heterocycles. The lowest BCUT2D eigenvalue weighted by molar-refractivity contribution is -0.153. The van der Waals surface area contributed by atoms with Gasteiger partial charge >= 0.3 is 6.18 Å². The molecule has 10 heteroatoms. The number of hydrogen-bond donors (Lipinski definition) is 2. The zero-order chi connectivity index (χ0) is 24.6. The second kappa shape index (κ2) is 11.3. The van der Waals surface area contributed by atoms with E-state index >= 15 is 0 Å². The van der Waals surface area contributed by atoms with Crippen LogP contribution in [0.4, 0.5) is 24.5 Å². The first-order chi connectivity index (χ1) is 16.2. The number of anilines is 2. The van der Waals surface area contributed by atoms with Crippen LogP contribution in [0.5, 0.6) is 5.75 Å². The number of nitrogens with zero attached hydrogens (tertiary/aromatic N) is 1. The van der Waals surface area contributed by atoms with Gasteiger partial charge in [-0.15, -0.1) is 11.3 Å². The number of thiophene rings is 1. The predicted molar refractivity (Wildman–Crippen MR) is 123 cm³/mol. The summed E-state index contributed by atoms with van der Waals surface area (Å²) in [6, 6.07) is 15.8. The summed E-state index contributed by atoms with van der Waals surface area (Å²) in [5.41, 5.74) is 0.782. The maximum atomic E-state index is 12.6. The Balaban J connectivity index is 1.58. The Kier molecular flexibility index (Phi) is 8.27. The average Bonchev–Trinajstić information content (AvgIpc) is 3.31. The van der Waals surface area contributed by atoms with E-state index in [0.717, 1.165) is 6.42 Å². The van der Waals surface area contributed by atoms with Crippen LogP contribution in [0.25, 0.3) is 0 Å². The van der Waals surface area contributed by atoms with Crippen LogP contribution in [-0.4, -0.2) is 24.6 Å². The molecule has 0 spiro atoms. The minimum atomic E-state index is -4.54. The molecule has 0 fully saturated rings. The summed E-state index contributed by atoms with van der Waals surface area (Å²) in [6.07, 6.45) is -2.67. The van der Waals surface area contributed by atoms with Crippen molar-refractivity contribution in [2.45, 2.75) is 25.4 Å². The van der Waals surface area contributed by atoms with Crippen LogP contribution in [0.1, 0.15) is 33.6 Å². The second-order valence-corrected chi connectivity index (χ2v) is 8.27. The smallest absolute Gasteiger partial charge is 0.422 e. The highest BCUT2D eigenvalue weighted by Gasteiger charge is 2.29. The molecular weight excluding hydrogens is 467 g/mol. The van der Waals surface area contributed by atoms with Crippen LogP contribution >= 0.6 is 11.3 Å². The van der Waals surface area contributed by atoms with Gasteiger partial charge in [-0.3, -0.25) is 9.59 Å². The predicted octanol–water partition coefficient (Wildman–Crippen LogP) is 5.77. The molecular formula is C24H20F3N3O3S. The molecule has 2 aromatic carbocycles. The van der Waals surface area contributed by atoms with Crippen LogP contribution in [0.3, 0.4) is 0 Å². The van der Waals surface area contributed by atoms with E-state index in [0.29, 0.717) is 18.5 Å². The molecule has 0 radical (unpaired) electrons. The number of rotatable bonds is 9. The van der Waals surface area contributed by atoms with Gasteiger partial charge in [0.05, 0.1) is 5.56 Å². The number of carbonyl (C=O) groups excluding carboxylic acids is 2. The molecule has 0 bridgehead atoms. The van der Waals surface area contributed by atoms with E-state index in [2.05, 4.69) is 15.4 Å². The molecule has 3 aromatic rings. The fraction of sp³-hybridized carbons (Fsp3) is 0.208. The minimum Gasteiger partial charge on any atom is -0.483 e. The number of halogens is 3. The lowest BCUT2D eigenvalue weighted by Gasteiger charge is -2.12. The molecule has 176 valence electrons. The van der Waals surface area contributed by atoms with Gasteiger partial charge in [0.1, 0.15) is 11.8 Å². The summed E-state index contributed by atoms with van der Waals surface area (Å²) >= 11 is 1.64. The first-order valence-electron chi connectivity index (χ1n) is 10.2. The molecule has 0 aliphatic heterocycles. The summed E-state index contributed by atoms with van der Waals surface area (Å²) in [5.74, 6) is -0.912. The van der Waals surface area contributed by atoms with Crippen LogP contribution < -0.4 is 15.4 Å². The molecule has 0 aliphatic rings. The van der Waals surface area contributed by atoms with Crippen LogP contribution in [0, 0.1) is 11.3 Å². The lowest BCUT2D eigenvalue weighted by Crippen LogP contribution is -2.19. The van der Waals surface area contributed by atoms with E-state index in [9.17, 15) is 28.0 Å². The fourth-order valence-corrected chi connectivity index (χ4v) is 3.77. The Morgan fingerprint density at radius 2 is 1.82 bits per heavy atom. The number of hydrogen-bond acceptors (Lipinski definition) is 5. The van der Waals surface area contributed by atoms with E-state index in [1.165, 1.54) is 29.1 Å². The fourth-order valence-electron chi connectivity index (χ4n) is 3.02. The van der Waals surface area contributed by atoms with Crippen LogP contribution in [-0.2, 0) is 11.2 Å². The summed E-state index contributed by atoms with van der Waals surface area (Å²) < 4.78 is 41.7. The van der Waals surface area contributed by atoms with Gasteiger partial charge in [-0.05, 0) is 60.7 Å². The quantitative estimate of drug-likeness (QED) is 0.401. The Hall–Kier alpha value is -3.84. The van der Waals surface area contributed by atoms with Gasteiger partial charge in [0.15, 0.2) is 6.61 Å². The van der Waals surface area contributed by atoms with E-state index in [4.69, 9.17) is 0 Å². The zero-order valence-corrected chi connectivity index (χ0v) is 18.6.